The Bertz CT molecular complexity index is 1030. The van der Waals surface area contributed by atoms with Crippen LogP contribution in [0, 0.1) is 10.1 Å². The van der Waals surface area contributed by atoms with Gasteiger partial charge in [0.1, 0.15) is 10.7 Å². The van der Waals surface area contributed by atoms with Gasteiger partial charge in [-0.05, 0) is 37.1 Å². The zero-order chi connectivity index (χ0) is 20.2. The number of pyridine rings is 1. The van der Waals surface area contributed by atoms with E-state index < -0.39 is 4.92 Å². The van der Waals surface area contributed by atoms with Crippen LogP contribution in [0.5, 0.6) is 0 Å². The molecule has 0 radical (unpaired) electrons. The second kappa shape index (κ2) is 8.36. The maximum atomic E-state index is 12.5. The van der Waals surface area contributed by atoms with E-state index in [1.54, 1.807) is 24.5 Å². The molecule has 8 nitrogen and oxygen atoms in total. The molecule has 0 spiro atoms. The van der Waals surface area contributed by atoms with Crippen LogP contribution in [0.3, 0.4) is 0 Å². The van der Waals surface area contributed by atoms with Gasteiger partial charge >= 0.3 is 0 Å². The lowest BCUT2D eigenvalue weighted by atomic mass is 10.1. The van der Waals surface area contributed by atoms with Gasteiger partial charge < -0.3 is 10.2 Å². The fourth-order valence-corrected chi connectivity index (χ4v) is 4.15. The fraction of sp³-hybridized carbons (Fsp3) is 0.250. The lowest BCUT2D eigenvalue weighted by Gasteiger charge is -2.17. The standard InChI is InChI=1S/C20H19N5O3S/c26-19(22-12-16-13-29-20(23-16)14-5-7-21-8-6-14)15-3-4-17(18(11-15)25(27)28)24-9-1-2-10-24/h3-8,11,13H,1-2,9-10,12H2,(H,22,26). The lowest BCUT2D eigenvalue weighted by Crippen LogP contribution is -2.24. The highest BCUT2D eigenvalue weighted by atomic mass is 32.1. The molecule has 1 aliphatic rings. The Morgan fingerprint density at radius 1 is 1.21 bits per heavy atom. The summed E-state index contributed by atoms with van der Waals surface area (Å²) in [5.41, 5.74) is 2.51. The van der Waals surface area contributed by atoms with Crippen molar-refractivity contribution in [2.24, 2.45) is 0 Å². The van der Waals surface area contributed by atoms with Crippen molar-refractivity contribution < 1.29 is 9.72 Å². The molecule has 4 rings (SSSR count). The number of amides is 1. The molecule has 2 aromatic heterocycles. The lowest BCUT2D eigenvalue weighted by molar-refractivity contribution is -0.384. The van der Waals surface area contributed by atoms with Crippen molar-refractivity contribution in [3.05, 3.63) is 69.5 Å². The molecule has 1 saturated heterocycles. The Hall–Kier alpha value is -3.33. The van der Waals surface area contributed by atoms with Gasteiger partial charge in [-0.1, -0.05) is 0 Å². The number of rotatable bonds is 6. The molecule has 1 N–H and O–H groups in total. The second-order valence-electron chi connectivity index (χ2n) is 6.72. The first kappa shape index (κ1) is 19.0. The number of thiazole rings is 1. The number of hydrogen-bond donors (Lipinski definition) is 1. The first-order valence-corrected chi connectivity index (χ1v) is 10.2. The predicted octanol–water partition coefficient (Wildman–Crippen LogP) is 3.64. The Morgan fingerprint density at radius 2 is 1.97 bits per heavy atom. The Morgan fingerprint density at radius 3 is 2.69 bits per heavy atom. The Kier molecular flexibility index (Phi) is 5.48. The average Bonchev–Trinajstić information content (AvgIpc) is 3.44. The molecule has 1 fully saturated rings. The first-order chi connectivity index (χ1) is 14.1. The van der Waals surface area contributed by atoms with Crippen LogP contribution in [-0.4, -0.2) is 33.9 Å². The van der Waals surface area contributed by atoms with Crippen molar-refractivity contribution in [3.63, 3.8) is 0 Å². The molecule has 0 bridgehead atoms. The predicted molar refractivity (Wildman–Crippen MR) is 111 cm³/mol. The normalized spacial score (nSPS) is 13.4. The third kappa shape index (κ3) is 4.24. The van der Waals surface area contributed by atoms with Crippen molar-refractivity contribution in [1.82, 2.24) is 15.3 Å². The number of hydrogen-bond acceptors (Lipinski definition) is 7. The van der Waals surface area contributed by atoms with Crippen LogP contribution in [-0.2, 0) is 6.54 Å². The van der Waals surface area contributed by atoms with Crippen LogP contribution in [0.25, 0.3) is 10.6 Å². The summed E-state index contributed by atoms with van der Waals surface area (Å²) < 4.78 is 0. The summed E-state index contributed by atoms with van der Waals surface area (Å²) in [5.74, 6) is -0.362. The van der Waals surface area contributed by atoms with Gasteiger partial charge in [-0.2, -0.15) is 0 Å². The van der Waals surface area contributed by atoms with E-state index in [4.69, 9.17) is 0 Å². The van der Waals surface area contributed by atoms with E-state index in [9.17, 15) is 14.9 Å². The number of nitro benzene ring substituents is 1. The molecule has 1 aromatic carbocycles. The minimum absolute atomic E-state index is 0.0341. The number of anilines is 1. The van der Waals surface area contributed by atoms with E-state index in [-0.39, 0.29) is 23.7 Å². The van der Waals surface area contributed by atoms with Crippen LogP contribution in [0.1, 0.15) is 28.9 Å². The van der Waals surface area contributed by atoms with Gasteiger partial charge in [0.15, 0.2) is 0 Å². The van der Waals surface area contributed by atoms with Crippen molar-refractivity contribution in [2.45, 2.75) is 19.4 Å². The summed E-state index contributed by atoms with van der Waals surface area (Å²) in [5, 5.41) is 17.0. The van der Waals surface area contributed by atoms with Gasteiger partial charge in [0.25, 0.3) is 11.6 Å². The number of nitrogens with zero attached hydrogens (tertiary/aromatic N) is 4. The largest absolute Gasteiger partial charge is 0.366 e. The van der Waals surface area contributed by atoms with Gasteiger partial charge in [-0.15, -0.1) is 11.3 Å². The highest BCUT2D eigenvalue weighted by Gasteiger charge is 2.23. The molecule has 148 valence electrons. The van der Waals surface area contributed by atoms with Crippen molar-refractivity contribution in [3.8, 4) is 10.6 Å². The summed E-state index contributed by atoms with van der Waals surface area (Å²) in [6, 6.07) is 8.42. The number of nitro groups is 1. The molecule has 0 aliphatic carbocycles. The molecule has 0 saturated carbocycles. The fourth-order valence-electron chi connectivity index (χ4n) is 3.32. The SMILES string of the molecule is O=C(NCc1csc(-c2ccncc2)n1)c1ccc(N2CCCC2)c([N+](=O)[O-])c1. The maximum Gasteiger partial charge on any atom is 0.293 e. The van der Waals surface area contributed by atoms with E-state index in [2.05, 4.69) is 15.3 Å². The molecule has 1 amide bonds. The quantitative estimate of drug-likeness (QED) is 0.493. The molecule has 29 heavy (non-hydrogen) atoms. The molecule has 1 aliphatic heterocycles. The molecule has 3 aromatic rings. The third-order valence-electron chi connectivity index (χ3n) is 4.79. The van der Waals surface area contributed by atoms with Gasteiger partial charge in [0, 0.05) is 48.1 Å². The second-order valence-corrected chi connectivity index (χ2v) is 7.58. The third-order valence-corrected chi connectivity index (χ3v) is 5.73. The van der Waals surface area contributed by atoms with Gasteiger partial charge in [0.05, 0.1) is 17.2 Å². The topological polar surface area (TPSA) is 101 Å². The summed E-state index contributed by atoms with van der Waals surface area (Å²) in [7, 11) is 0. The van der Waals surface area contributed by atoms with E-state index >= 15 is 0 Å². The molecule has 0 atom stereocenters. The number of nitrogens with one attached hydrogen (secondary N) is 1. The van der Waals surface area contributed by atoms with Crippen molar-refractivity contribution in [2.75, 3.05) is 18.0 Å². The van der Waals surface area contributed by atoms with Gasteiger partial charge in [0.2, 0.25) is 0 Å². The molecule has 9 heteroatoms. The summed E-state index contributed by atoms with van der Waals surface area (Å²) in [4.78, 5) is 34.1. The molecular formula is C20H19N5O3S. The number of aromatic nitrogens is 2. The van der Waals surface area contributed by atoms with E-state index in [1.807, 2.05) is 22.4 Å². The summed E-state index contributed by atoms with van der Waals surface area (Å²) >= 11 is 1.49. The van der Waals surface area contributed by atoms with Crippen molar-refractivity contribution >= 4 is 28.6 Å². The first-order valence-electron chi connectivity index (χ1n) is 9.28. The number of carbonyl (C=O) groups is 1. The summed E-state index contributed by atoms with van der Waals surface area (Å²) in [6.07, 6.45) is 5.46. The molecule has 0 unspecified atom stereocenters. The van der Waals surface area contributed by atoms with Gasteiger partial charge in [-0.25, -0.2) is 4.98 Å². The smallest absolute Gasteiger partial charge is 0.293 e. The van der Waals surface area contributed by atoms with Crippen LogP contribution < -0.4 is 10.2 Å². The van der Waals surface area contributed by atoms with Gasteiger partial charge in [-0.3, -0.25) is 19.9 Å². The number of benzene rings is 1. The summed E-state index contributed by atoms with van der Waals surface area (Å²) in [6.45, 7) is 1.86. The number of carbonyl (C=O) groups excluding carboxylic acids is 1. The van der Waals surface area contributed by atoms with E-state index in [0.29, 0.717) is 5.69 Å². The highest BCUT2D eigenvalue weighted by Crippen LogP contribution is 2.31. The minimum Gasteiger partial charge on any atom is -0.366 e. The van der Waals surface area contributed by atoms with E-state index in [0.717, 1.165) is 42.2 Å². The maximum absolute atomic E-state index is 12.5. The Labute approximate surface area is 171 Å². The molecule has 3 heterocycles. The van der Waals surface area contributed by atoms with Crippen LogP contribution >= 0.6 is 11.3 Å². The highest BCUT2D eigenvalue weighted by molar-refractivity contribution is 7.13. The average molecular weight is 409 g/mol. The van der Waals surface area contributed by atoms with Crippen molar-refractivity contribution in [1.29, 1.82) is 0 Å². The van der Waals surface area contributed by atoms with E-state index in [1.165, 1.54) is 17.4 Å². The zero-order valence-electron chi connectivity index (χ0n) is 15.6. The molecular weight excluding hydrogens is 390 g/mol. The monoisotopic (exact) mass is 409 g/mol. The minimum atomic E-state index is -0.425. The van der Waals surface area contributed by atoms with Crippen LogP contribution in [0.2, 0.25) is 0 Å². The Balaban J connectivity index is 1.45. The van der Waals surface area contributed by atoms with Crippen LogP contribution in [0.15, 0.2) is 48.1 Å². The zero-order valence-corrected chi connectivity index (χ0v) is 16.4. The van der Waals surface area contributed by atoms with Crippen LogP contribution in [0.4, 0.5) is 11.4 Å².